The second kappa shape index (κ2) is 8.64. The summed E-state index contributed by atoms with van der Waals surface area (Å²) in [6, 6.07) is 12.2. The minimum atomic E-state index is -3.57. The van der Waals surface area contributed by atoms with Crippen LogP contribution in [0.15, 0.2) is 36.5 Å². The number of sulfonamides is 1. The third-order valence-corrected chi connectivity index (χ3v) is 5.67. The maximum absolute atomic E-state index is 12.1. The molecule has 30 heavy (non-hydrogen) atoms. The number of nitrogens with zero attached hydrogens (tertiary/aromatic N) is 4. The van der Waals surface area contributed by atoms with Crippen molar-refractivity contribution in [3.05, 3.63) is 47.7 Å². The van der Waals surface area contributed by atoms with E-state index in [4.69, 9.17) is 4.74 Å². The fourth-order valence-electron chi connectivity index (χ4n) is 2.87. The fraction of sp³-hybridized carbons (Fsp3) is 0.200. The molecule has 0 amide bonds. The molecule has 9 nitrogen and oxygen atoms in total. The van der Waals surface area contributed by atoms with Crippen LogP contribution in [0.1, 0.15) is 24.5 Å². The molecule has 10 heteroatoms. The van der Waals surface area contributed by atoms with Gasteiger partial charge < -0.3 is 10.1 Å². The largest absolute Gasteiger partial charge is 0.480 e. The molecule has 3 rings (SSSR count). The van der Waals surface area contributed by atoms with E-state index >= 15 is 0 Å². The SMILES string of the molecule is CCCS(=O)(=O)Nc1cccc(Nc2ccc3ncc(OC)nc3c2C#N)c1C#N. The quantitative estimate of drug-likeness (QED) is 0.591. The summed E-state index contributed by atoms with van der Waals surface area (Å²) in [4.78, 5) is 8.51. The van der Waals surface area contributed by atoms with Crippen molar-refractivity contribution in [1.29, 1.82) is 10.5 Å². The Morgan fingerprint density at radius 1 is 1.07 bits per heavy atom. The summed E-state index contributed by atoms with van der Waals surface area (Å²) in [6.07, 6.45) is 1.90. The van der Waals surface area contributed by atoms with E-state index in [1.807, 2.05) is 6.07 Å². The van der Waals surface area contributed by atoms with Gasteiger partial charge in [-0.05, 0) is 30.7 Å². The van der Waals surface area contributed by atoms with Gasteiger partial charge in [0.25, 0.3) is 0 Å². The van der Waals surface area contributed by atoms with Crippen molar-refractivity contribution >= 4 is 38.1 Å². The van der Waals surface area contributed by atoms with E-state index in [-0.39, 0.29) is 28.4 Å². The number of nitrogens with one attached hydrogen (secondary N) is 2. The van der Waals surface area contributed by atoms with Crippen LogP contribution in [0.25, 0.3) is 11.0 Å². The van der Waals surface area contributed by atoms with Crippen molar-refractivity contribution in [2.45, 2.75) is 13.3 Å². The van der Waals surface area contributed by atoms with Gasteiger partial charge in [0.1, 0.15) is 23.2 Å². The lowest BCUT2D eigenvalue weighted by Gasteiger charge is -2.14. The lowest BCUT2D eigenvalue weighted by Crippen LogP contribution is -2.17. The number of methoxy groups -OCH3 is 1. The fourth-order valence-corrected chi connectivity index (χ4v) is 4.02. The molecule has 0 aliphatic heterocycles. The van der Waals surface area contributed by atoms with Crippen molar-refractivity contribution in [3.8, 4) is 18.0 Å². The van der Waals surface area contributed by atoms with Crippen LogP contribution in [-0.2, 0) is 10.0 Å². The maximum atomic E-state index is 12.1. The molecule has 0 saturated heterocycles. The summed E-state index contributed by atoms with van der Waals surface area (Å²) < 4.78 is 31.8. The molecule has 0 aliphatic rings. The van der Waals surface area contributed by atoms with E-state index in [1.54, 1.807) is 31.2 Å². The average Bonchev–Trinajstić information content (AvgIpc) is 2.73. The van der Waals surface area contributed by atoms with Gasteiger partial charge in [0.2, 0.25) is 15.9 Å². The van der Waals surface area contributed by atoms with E-state index in [9.17, 15) is 18.9 Å². The van der Waals surface area contributed by atoms with Gasteiger partial charge in [0, 0.05) is 0 Å². The minimum absolute atomic E-state index is 0.0563. The summed E-state index contributed by atoms with van der Waals surface area (Å²) in [5.41, 5.74) is 2.10. The first kappa shape index (κ1) is 20.8. The molecule has 3 aromatic rings. The number of anilines is 3. The second-order valence-electron chi connectivity index (χ2n) is 6.27. The van der Waals surface area contributed by atoms with Crippen molar-refractivity contribution in [2.24, 2.45) is 0 Å². The molecule has 1 heterocycles. The highest BCUT2D eigenvalue weighted by Gasteiger charge is 2.17. The van der Waals surface area contributed by atoms with Gasteiger partial charge in [-0.15, -0.1) is 0 Å². The predicted molar refractivity (Wildman–Crippen MR) is 113 cm³/mol. The van der Waals surface area contributed by atoms with Gasteiger partial charge in [-0.25, -0.2) is 18.4 Å². The van der Waals surface area contributed by atoms with E-state index in [0.29, 0.717) is 28.8 Å². The summed E-state index contributed by atoms with van der Waals surface area (Å²) in [5.74, 6) is 0.209. The zero-order valence-electron chi connectivity index (χ0n) is 16.3. The molecule has 0 saturated carbocycles. The minimum Gasteiger partial charge on any atom is -0.480 e. The van der Waals surface area contributed by atoms with Crippen LogP contribution in [-0.4, -0.2) is 31.2 Å². The summed E-state index contributed by atoms with van der Waals surface area (Å²) in [5, 5.41) is 22.4. The van der Waals surface area contributed by atoms with Gasteiger partial charge >= 0.3 is 0 Å². The highest BCUT2D eigenvalue weighted by Crippen LogP contribution is 2.31. The molecule has 0 fully saturated rings. The number of hydrogen-bond donors (Lipinski definition) is 2. The van der Waals surface area contributed by atoms with E-state index < -0.39 is 10.0 Å². The number of rotatable bonds is 7. The molecule has 1 aromatic heterocycles. The van der Waals surface area contributed by atoms with Crippen molar-refractivity contribution in [3.63, 3.8) is 0 Å². The Balaban J connectivity index is 2.07. The topological polar surface area (TPSA) is 141 Å². The van der Waals surface area contributed by atoms with Gasteiger partial charge in [-0.1, -0.05) is 13.0 Å². The maximum Gasteiger partial charge on any atom is 0.232 e. The van der Waals surface area contributed by atoms with Gasteiger partial charge in [-0.2, -0.15) is 10.5 Å². The number of benzene rings is 2. The first-order valence-corrected chi connectivity index (χ1v) is 10.6. The molecular weight excluding hydrogens is 404 g/mol. The molecule has 0 spiro atoms. The summed E-state index contributed by atoms with van der Waals surface area (Å²) >= 11 is 0. The Morgan fingerprint density at radius 2 is 1.77 bits per heavy atom. The first-order chi connectivity index (χ1) is 14.4. The molecule has 0 aliphatic carbocycles. The first-order valence-electron chi connectivity index (χ1n) is 8.97. The standard InChI is InChI=1S/C20H18N6O3S/c1-3-9-30(27,28)26-17-6-4-5-15(13(17)10-21)24-16-7-8-18-20(14(16)11-22)25-19(29-2)12-23-18/h4-8,12,24,26H,3,9H2,1-2H3. The number of hydrogen-bond acceptors (Lipinski definition) is 8. The van der Waals surface area contributed by atoms with Crippen LogP contribution in [0, 0.1) is 22.7 Å². The third-order valence-electron chi connectivity index (χ3n) is 4.20. The Hall–Kier alpha value is -3.89. The van der Waals surface area contributed by atoms with E-state index in [2.05, 4.69) is 26.1 Å². The highest BCUT2D eigenvalue weighted by molar-refractivity contribution is 7.92. The Kier molecular flexibility index (Phi) is 6.00. The highest BCUT2D eigenvalue weighted by atomic mass is 32.2. The molecule has 152 valence electrons. The van der Waals surface area contributed by atoms with Crippen LogP contribution in [0.3, 0.4) is 0 Å². The molecule has 2 N–H and O–H groups in total. The average molecular weight is 422 g/mol. The van der Waals surface area contributed by atoms with Gasteiger partial charge in [0.05, 0.1) is 47.2 Å². The Labute approximate surface area is 174 Å². The van der Waals surface area contributed by atoms with Gasteiger partial charge in [-0.3, -0.25) is 4.72 Å². The summed E-state index contributed by atoms with van der Waals surface area (Å²) in [6.45, 7) is 1.75. The Bertz CT molecular complexity index is 1290. The van der Waals surface area contributed by atoms with Gasteiger partial charge in [0.15, 0.2) is 0 Å². The van der Waals surface area contributed by atoms with Crippen LogP contribution < -0.4 is 14.8 Å². The van der Waals surface area contributed by atoms with Crippen molar-refractivity contribution < 1.29 is 13.2 Å². The lowest BCUT2D eigenvalue weighted by atomic mass is 10.1. The zero-order valence-corrected chi connectivity index (χ0v) is 17.1. The van der Waals surface area contributed by atoms with Crippen LogP contribution in [0.2, 0.25) is 0 Å². The van der Waals surface area contributed by atoms with Crippen molar-refractivity contribution in [1.82, 2.24) is 9.97 Å². The number of ether oxygens (including phenoxy) is 1. The third kappa shape index (κ3) is 4.24. The number of aromatic nitrogens is 2. The zero-order chi connectivity index (χ0) is 21.7. The predicted octanol–water partition coefficient (Wildman–Crippen LogP) is 3.28. The molecule has 0 unspecified atom stereocenters. The number of fused-ring (bicyclic) bond motifs is 1. The molecule has 0 atom stereocenters. The molecule has 0 bridgehead atoms. The van der Waals surface area contributed by atoms with E-state index in [1.165, 1.54) is 19.4 Å². The Morgan fingerprint density at radius 3 is 2.43 bits per heavy atom. The van der Waals surface area contributed by atoms with Crippen LogP contribution in [0.4, 0.5) is 17.1 Å². The molecule has 2 aromatic carbocycles. The van der Waals surface area contributed by atoms with Crippen LogP contribution in [0.5, 0.6) is 5.88 Å². The normalized spacial score (nSPS) is 10.8. The van der Waals surface area contributed by atoms with Crippen LogP contribution >= 0.6 is 0 Å². The molecular formula is C20H18N6O3S. The molecule has 0 radical (unpaired) electrons. The second-order valence-corrected chi connectivity index (χ2v) is 8.11. The monoisotopic (exact) mass is 422 g/mol. The summed E-state index contributed by atoms with van der Waals surface area (Å²) in [7, 11) is -2.12. The number of nitriles is 2. The van der Waals surface area contributed by atoms with Crippen molar-refractivity contribution in [2.75, 3.05) is 22.9 Å². The lowest BCUT2D eigenvalue weighted by molar-refractivity contribution is 0.397. The van der Waals surface area contributed by atoms with E-state index in [0.717, 1.165) is 0 Å². The smallest absolute Gasteiger partial charge is 0.232 e.